The molecule has 2 aliphatic heterocycles. The molecule has 142 valence electrons. The third kappa shape index (κ3) is 4.70. The molecule has 0 aromatic heterocycles. The zero-order chi connectivity index (χ0) is 18.5. The van der Waals surface area contributed by atoms with Gasteiger partial charge in [-0.2, -0.15) is 0 Å². The lowest BCUT2D eigenvalue weighted by Crippen LogP contribution is -2.41. The van der Waals surface area contributed by atoms with Gasteiger partial charge in [-0.25, -0.2) is 0 Å². The summed E-state index contributed by atoms with van der Waals surface area (Å²) in [5.74, 6) is 1.62. The maximum absolute atomic E-state index is 5.64. The van der Waals surface area contributed by atoms with Crippen molar-refractivity contribution in [1.82, 2.24) is 15.1 Å². The van der Waals surface area contributed by atoms with Crippen LogP contribution in [0.1, 0.15) is 17.5 Å². The van der Waals surface area contributed by atoms with Crippen LogP contribution in [0.25, 0.3) is 0 Å². The van der Waals surface area contributed by atoms with E-state index in [9.17, 15) is 0 Å². The molecule has 2 aromatic rings. The van der Waals surface area contributed by atoms with Gasteiger partial charge < -0.3 is 19.7 Å². The number of hydrogen-bond acceptors (Lipinski definition) is 4. The molecule has 5 nitrogen and oxygen atoms in total. The Morgan fingerprint density at radius 3 is 2.67 bits per heavy atom. The molecular formula is C21H25N3O2S. The molecule has 1 fully saturated rings. The predicted molar refractivity (Wildman–Crippen MR) is 110 cm³/mol. The van der Waals surface area contributed by atoms with Crippen LogP contribution < -0.4 is 14.8 Å². The number of benzene rings is 2. The van der Waals surface area contributed by atoms with Gasteiger partial charge in [0.2, 0.25) is 6.79 Å². The minimum absolute atomic E-state index is 0.303. The molecule has 0 radical (unpaired) electrons. The van der Waals surface area contributed by atoms with E-state index in [0.717, 1.165) is 61.3 Å². The Morgan fingerprint density at radius 1 is 0.926 bits per heavy atom. The van der Waals surface area contributed by atoms with Crippen LogP contribution in [0, 0.1) is 0 Å². The second kappa shape index (κ2) is 8.59. The Kier molecular flexibility index (Phi) is 5.75. The monoisotopic (exact) mass is 383 g/mol. The van der Waals surface area contributed by atoms with Gasteiger partial charge in [0.05, 0.1) is 0 Å². The lowest BCUT2D eigenvalue weighted by Gasteiger charge is -2.24. The molecule has 2 aromatic carbocycles. The summed E-state index contributed by atoms with van der Waals surface area (Å²) in [4.78, 5) is 4.79. The van der Waals surface area contributed by atoms with Gasteiger partial charge in [0, 0.05) is 39.3 Å². The summed E-state index contributed by atoms with van der Waals surface area (Å²) in [5, 5.41) is 4.22. The highest BCUT2D eigenvalue weighted by atomic mass is 32.1. The Morgan fingerprint density at radius 2 is 1.78 bits per heavy atom. The third-order valence-corrected chi connectivity index (χ3v) is 5.41. The van der Waals surface area contributed by atoms with Crippen molar-refractivity contribution in [2.75, 3.05) is 33.0 Å². The fraction of sp³-hybridized carbons (Fsp3) is 0.381. The number of ether oxygens (including phenoxy) is 2. The Hall–Kier alpha value is -2.31. The summed E-state index contributed by atoms with van der Waals surface area (Å²) in [6.07, 6.45) is 1.12. The molecule has 0 saturated carbocycles. The topological polar surface area (TPSA) is 37.0 Å². The summed E-state index contributed by atoms with van der Waals surface area (Å²) in [6, 6.07) is 16.7. The summed E-state index contributed by atoms with van der Waals surface area (Å²) >= 11 is 5.64. The second-order valence-electron chi connectivity index (χ2n) is 6.95. The maximum atomic E-state index is 5.64. The van der Waals surface area contributed by atoms with Crippen molar-refractivity contribution in [3.8, 4) is 11.5 Å². The molecule has 0 atom stereocenters. The average Bonchev–Trinajstić information content (AvgIpc) is 3.04. The van der Waals surface area contributed by atoms with Crippen LogP contribution in [-0.4, -0.2) is 47.9 Å². The minimum Gasteiger partial charge on any atom is -0.454 e. The van der Waals surface area contributed by atoms with Crippen molar-refractivity contribution in [3.05, 3.63) is 59.7 Å². The first-order valence-corrected chi connectivity index (χ1v) is 9.86. The number of nitrogens with one attached hydrogen (secondary N) is 1. The second-order valence-corrected chi connectivity index (χ2v) is 7.34. The van der Waals surface area contributed by atoms with Gasteiger partial charge in [0.1, 0.15) is 0 Å². The van der Waals surface area contributed by atoms with Crippen LogP contribution in [-0.2, 0) is 13.1 Å². The summed E-state index contributed by atoms with van der Waals surface area (Å²) in [5.41, 5.74) is 2.51. The van der Waals surface area contributed by atoms with Crippen molar-refractivity contribution in [2.45, 2.75) is 19.5 Å². The Balaban J connectivity index is 1.27. The lowest BCUT2D eigenvalue weighted by atomic mass is 10.2. The standard InChI is InChI=1S/C21H25N3O2S/c27-21(22-14-18-7-8-19-20(13-18)26-16-25-19)24-10-4-9-23(11-12-24)15-17-5-2-1-3-6-17/h1-3,5-8,13H,4,9-12,14-16H2,(H,22,27). The average molecular weight is 384 g/mol. The first-order chi connectivity index (χ1) is 13.3. The van der Waals surface area contributed by atoms with Crippen molar-refractivity contribution in [3.63, 3.8) is 0 Å². The quantitative estimate of drug-likeness (QED) is 0.818. The maximum Gasteiger partial charge on any atom is 0.231 e. The van der Waals surface area contributed by atoms with E-state index in [2.05, 4.69) is 45.4 Å². The zero-order valence-corrected chi connectivity index (χ0v) is 16.2. The van der Waals surface area contributed by atoms with Gasteiger partial charge in [-0.3, -0.25) is 4.90 Å². The Bertz CT molecular complexity index is 784. The summed E-state index contributed by atoms with van der Waals surface area (Å²) in [6.45, 7) is 6.10. The van der Waals surface area contributed by atoms with E-state index in [4.69, 9.17) is 21.7 Å². The normalized spacial score (nSPS) is 16.8. The van der Waals surface area contributed by atoms with Crippen molar-refractivity contribution < 1.29 is 9.47 Å². The number of nitrogens with zero attached hydrogens (tertiary/aromatic N) is 2. The molecular weight excluding hydrogens is 358 g/mol. The summed E-state index contributed by atoms with van der Waals surface area (Å²) < 4.78 is 10.8. The number of hydrogen-bond donors (Lipinski definition) is 1. The minimum atomic E-state index is 0.303. The van der Waals surface area contributed by atoms with Gasteiger partial charge in [0.15, 0.2) is 16.6 Å². The highest BCUT2D eigenvalue weighted by molar-refractivity contribution is 7.80. The molecule has 1 saturated heterocycles. The highest BCUT2D eigenvalue weighted by Crippen LogP contribution is 2.32. The van der Waals surface area contributed by atoms with Gasteiger partial charge in [0.25, 0.3) is 0 Å². The van der Waals surface area contributed by atoms with Crippen LogP contribution in [0.5, 0.6) is 11.5 Å². The first-order valence-electron chi connectivity index (χ1n) is 9.45. The van der Waals surface area contributed by atoms with E-state index in [1.807, 2.05) is 18.2 Å². The van der Waals surface area contributed by atoms with Crippen molar-refractivity contribution in [1.29, 1.82) is 0 Å². The molecule has 0 aliphatic carbocycles. The SMILES string of the molecule is S=C(NCc1ccc2c(c1)OCO2)N1CCCN(Cc2ccccc2)CC1. The van der Waals surface area contributed by atoms with E-state index in [1.165, 1.54) is 5.56 Å². The molecule has 1 N–H and O–H groups in total. The molecule has 4 rings (SSSR count). The molecule has 0 unspecified atom stereocenters. The zero-order valence-electron chi connectivity index (χ0n) is 15.4. The van der Waals surface area contributed by atoms with Crippen molar-refractivity contribution in [2.24, 2.45) is 0 Å². The van der Waals surface area contributed by atoms with Crippen LogP contribution in [0.15, 0.2) is 48.5 Å². The number of thiocarbonyl (C=S) groups is 1. The largest absolute Gasteiger partial charge is 0.454 e. The molecule has 2 aliphatic rings. The number of rotatable bonds is 4. The van der Waals surface area contributed by atoms with Gasteiger partial charge in [-0.05, 0) is 41.9 Å². The van der Waals surface area contributed by atoms with Crippen LogP contribution in [0.4, 0.5) is 0 Å². The third-order valence-electron chi connectivity index (χ3n) is 5.01. The molecule has 0 spiro atoms. The molecule has 2 heterocycles. The highest BCUT2D eigenvalue weighted by Gasteiger charge is 2.17. The van der Waals surface area contributed by atoms with Crippen molar-refractivity contribution >= 4 is 17.3 Å². The Labute approximate surface area is 165 Å². The van der Waals surface area contributed by atoms with Gasteiger partial charge in [-0.15, -0.1) is 0 Å². The smallest absolute Gasteiger partial charge is 0.231 e. The van der Waals surface area contributed by atoms with E-state index in [0.29, 0.717) is 13.3 Å². The van der Waals surface area contributed by atoms with E-state index in [-0.39, 0.29) is 0 Å². The molecule has 0 amide bonds. The molecule has 6 heteroatoms. The summed E-state index contributed by atoms with van der Waals surface area (Å²) in [7, 11) is 0. The van der Waals surface area contributed by atoms with E-state index >= 15 is 0 Å². The fourth-order valence-corrected chi connectivity index (χ4v) is 3.77. The predicted octanol–water partition coefficient (Wildman–Crippen LogP) is 3.00. The molecule has 27 heavy (non-hydrogen) atoms. The fourth-order valence-electron chi connectivity index (χ4n) is 3.51. The lowest BCUT2D eigenvalue weighted by molar-refractivity contribution is 0.174. The van der Waals surface area contributed by atoms with Crippen LogP contribution >= 0.6 is 12.2 Å². The number of fused-ring (bicyclic) bond motifs is 1. The first kappa shape index (κ1) is 18.1. The van der Waals surface area contributed by atoms with Gasteiger partial charge >= 0.3 is 0 Å². The van der Waals surface area contributed by atoms with Gasteiger partial charge in [-0.1, -0.05) is 36.4 Å². The van der Waals surface area contributed by atoms with Crippen LogP contribution in [0.2, 0.25) is 0 Å². The van der Waals surface area contributed by atoms with Crippen LogP contribution in [0.3, 0.4) is 0 Å². The van der Waals surface area contributed by atoms with E-state index < -0.39 is 0 Å². The molecule has 0 bridgehead atoms. The van der Waals surface area contributed by atoms with E-state index in [1.54, 1.807) is 0 Å².